The average Bonchev–Trinajstić information content (AvgIpc) is 2.66. The van der Waals surface area contributed by atoms with Crippen molar-refractivity contribution in [1.82, 2.24) is 0 Å². The van der Waals surface area contributed by atoms with Crippen LogP contribution in [-0.4, -0.2) is 40.6 Å². The minimum absolute atomic E-state index is 0.0209. The fraction of sp³-hybridized carbons (Fsp3) is 0.643. The number of nitrogens with two attached hydrogens (primary N) is 1. The van der Waals surface area contributed by atoms with Crippen LogP contribution < -0.4 is 15.2 Å². The van der Waals surface area contributed by atoms with Crippen LogP contribution in [0, 0.1) is 16.2 Å². The zero-order valence-electron chi connectivity index (χ0n) is 23.8. The molecular formula is C28H43NO8. The highest BCUT2D eigenvalue weighted by atomic mass is 16.6. The number of carboxylic acids is 1. The van der Waals surface area contributed by atoms with Gasteiger partial charge in [-0.05, 0) is 71.6 Å². The zero-order chi connectivity index (χ0) is 29.0. The summed E-state index contributed by atoms with van der Waals surface area (Å²) in [6, 6.07) is 4.44. The summed E-state index contributed by atoms with van der Waals surface area (Å²) in [4.78, 5) is 49.4. The van der Waals surface area contributed by atoms with Crippen LogP contribution in [0.4, 0.5) is 0 Å². The van der Waals surface area contributed by atoms with Crippen molar-refractivity contribution in [1.29, 1.82) is 0 Å². The van der Waals surface area contributed by atoms with E-state index in [1.165, 1.54) is 12.1 Å². The van der Waals surface area contributed by atoms with Gasteiger partial charge in [0.15, 0.2) is 11.5 Å². The number of carbonyl (C=O) groups excluding carboxylic acids is 3. The maximum atomic E-state index is 12.6. The van der Waals surface area contributed by atoms with Crippen molar-refractivity contribution in [2.75, 3.05) is 0 Å². The molecule has 0 aliphatic carbocycles. The van der Waals surface area contributed by atoms with E-state index < -0.39 is 46.4 Å². The molecule has 2 atom stereocenters. The van der Waals surface area contributed by atoms with Gasteiger partial charge >= 0.3 is 23.9 Å². The summed E-state index contributed by atoms with van der Waals surface area (Å²) in [5, 5.41) is 9.93. The van der Waals surface area contributed by atoms with Gasteiger partial charge in [0.05, 0.1) is 17.3 Å². The predicted octanol–water partition coefficient (Wildman–Crippen LogP) is 4.67. The number of hydrogen-bond acceptors (Lipinski definition) is 8. The van der Waals surface area contributed by atoms with E-state index in [4.69, 9.17) is 19.9 Å². The minimum atomic E-state index is -1.78. The van der Waals surface area contributed by atoms with Gasteiger partial charge in [-0.3, -0.25) is 19.2 Å². The van der Waals surface area contributed by atoms with Crippen molar-refractivity contribution >= 4 is 23.9 Å². The highest BCUT2D eigenvalue weighted by Gasteiger charge is 2.38. The Balaban J connectivity index is 3.26. The molecule has 0 aromatic heterocycles. The standard InChI is InChI=1S/C28H43NO8/c1-17(35-21(30)16-25(2,3)4)14-28(29,22(31)32)15-18-11-12-19(36-23(33)26(5,6)7)20(13-18)37-24(34)27(8,9)10/h11-13,17H,14-16,29H2,1-10H3,(H,31,32)/t17-,28?/m0/s1. The van der Waals surface area contributed by atoms with Gasteiger partial charge in [0, 0.05) is 12.8 Å². The highest BCUT2D eigenvalue weighted by Crippen LogP contribution is 2.34. The van der Waals surface area contributed by atoms with Crippen LogP contribution in [-0.2, 0) is 30.3 Å². The number of esters is 3. The van der Waals surface area contributed by atoms with Gasteiger partial charge in [-0.25, -0.2) is 0 Å². The lowest BCUT2D eigenvalue weighted by Gasteiger charge is -2.29. The van der Waals surface area contributed by atoms with Gasteiger partial charge in [0.1, 0.15) is 11.6 Å². The second kappa shape index (κ2) is 11.6. The summed E-state index contributed by atoms with van der Waals surface area (Å²) in [5.74, 6) is -2.79. The maximum Gasteiger partial charge on any atom is 0.324 e. The first-order valence-corrected chi connectivity index (χ1v) is 12.3. The summed E-state index contributed by atoms with van der Waals surface area (Å²) in [5.41, 5.74) is 3.02. The lowest BCUT2D eigenvalue weighted by molar-refractivity contribution is -0.154. The average molecular weight is 522 g/mol. The Kier molecular flexibility index (Phi) is 10.1. The molecule has 0 saturated carbocycles. The molecule has 1 unspecified atom stereocenters. The van der Waals surface area contributed by atoms with E-state index in [0.29, 0.717) is 5.56 Å². The first kappa shape index (κ1) is 32.1. The Bertz CT molecular complexity index is 1010. The van der Waals surface area contributed by atoms with Crippen LogP contribution in [0.3, 0.4) is 0 Å². The minimum Gasteiger partial charge on any atom is -0.480 e. The Labute approximate surface area is 220 Å². The third-order valence-corrected chi connectivity index (χ3v) is 5.24. The van der Waals surface area contributed by atoms with Crippen LogP contribution >= 0.6 is 0 Å². The molecular weight excluding hydrogens is 478 g/mol. The molecule has 0 aliphatic heterocycles. The first-order chi connectivity index (χ1) is 16.5. The lowest BCUT2D eigenvalue weighted by Crippen LogP contribution is -2.52. The molecule has 3 N–H and O–H groups in total. The number of hydrogen-bond donors (Lipinski definition) is 2. The van der Waals surface area contributed by atoms with Crippen molar-refractivity contribution in [2.24, 2.45) is 22.0 Å². The molecule has 0 amide bonds. The van der Waals surface area contributed by atoms with E-state index in [1.54, 1.807) is 54.5 Å². The van der Waals surface area contributed by atoms with Gasteiger partial charge in [0.25, 0.3) is 0 Å². The van der Waals surface area contributed by atoms with Crippen LogP contribution in [0.5, 0.6) is 11.5 Å². The van der Waals surface area contributed by atoms with Crippen molar-refractivity contribution in [2.45, 2.75) is 100 Å². The number of carboxylic acid groups (broad SMARTS) is 1. The van der Waals surface area contributed by atoms with E-state index >= 15 is 0 Å². The molecule has 0 bridgehead atoms. The molecule has 1 rings (SSSR count). The second-order valence-electron chi connectivity index (χ2n) is 12.9. The van der Waals surface area contributed by atoms with Crippen LogP contribution in [0.1, 0.15) is 87.6 Å². The molecule has 0 radical (unpaired) electrons. The summed E-state index contributed by atoms with van der Waals surface area (Å²) in [6.45, 7) is 17.4. The molecule has 0 saturated heterocycles. The van der Waals surface area contributed by atoms with Crippen LogP contribution in [0.2, 0.25) is 0 Å². The van der Waals surface area contributed by atoms with Gasteiger partial charge in [-0.1, -0.05) is 26.8 Å². The molecule has 0 spiro atoms. The van der Waals surface area contributed by atoms with Crippen molar-refractivity contribution in [3.8, 4) is 11.5 Å². The molecule has 0 aliphatic rings. The number of aliphatic carboxylic acids is 1. The highest BCUT2D eigenvalue weighted by molar-refractivity contribution is 5.82. The SMILES string of the molecule is C[C@@H](CC(N)(Cc1ccc(OC(=O)C(C)(C)C)c(OC(=O)C(C)(C)C)c1)C(=O)O)OC(=O)CC(C)(C)C. The molecule has 208 valence electrons. The van der Waals surface area contributed by atoms with Crippen molar-refractivity contribution in [3.63, 3.8) is 0 Å². The van der Waals surface area contributed by atoms with Gasteiger partial charge in [0.2, 0.25) is 0 Å². The number of rotatable bonds is 9. The van der Waals surface area contributed by atoms with E-state index in [0.717, 1.165) is 0 Å². The van der Waals surface area contributed by atoms with Crippen LogP contribution in [0.15, 0.2) is 18.2 Å². The zero-order valence-corrected chi connectivity index (χ0v) is 23.8. The molecule has 37 heavy (non-hydrogen) atoms. The van der Waals surface area contributed by atoms with Crippen LogP contribution in [0.25, 0.3) is 0 Å². The summed E-state index contributed by atoms with van der Waals surface area (Å²) in [6.07, 6.45) is -0.868. The first-order valence-electron chi connectivity index (χ1n) is 12.3. The maximum absolute atomic E-state index is 12.6. The Morgan fingerprint density at radius 1 is 0.865 bits per heavy atom. The van der Waals surface area contributed by atoms with Gasteiger partial charge < -0.3 is 25.1 Å². The molecule has 1 aromatic carbocycles. The van der Waals surface area contributed by atoms with E-state index in [-0.39, 0.29) is 36.2 Å². The van der Waals surface area contributed by atoms with E-state index in [2.05, 4.69) is 0 Å². The quantitative estimate of drug-likeness (QED) is 0.350. The Morgan fingerprint density at radius 2 is 1.35 bits per heavy atom. The van der Waals surface area contributed by atoms with Crippen molar-refractivity contribution in [3.05, 3.63) is 23.8 Å². The molecule has 9 heteroatoms. The fourth-order valence-corrected chi connectivity index (χ4v) is 3.19. The number of ether oxygens (including phenoxy) is 3. The predicted molar refractivity (Wildman–Crippen MR) is 139 cm³/mol. The normalized spacial score (nSPS) is 14.8. The third-order valence-electron chi connectivity index (χ3n) is 5.24. The monoisotopic (exact) mass is 521 g/mol. The largest absolute Gasteiger partial charge is 0.480 e. The number of carbonyl (C=O) groups is 4. The summed E-state index contributed by atoms with van der Waals surface area (Å²) < 4.78 is 16.4. The lowest BCUT2D eigenvalue weighted by atomic mass is 9.86. The van der Waals surface area contributed by atoms with E-state index in [1.807, 2.05) is 20.8 Å². The Morgan fingerprint density at radius 3 is 1.78 bits per heavy atom. The van der Waals surface area contributed by atoms with E-state index in [9.17, 15) is 24.3 Å². The third kappa shape index (κ3) is 10.5. The van der Waals surface area contributed by atoms with Gasteiger partial charge in [-0.15, -0.1) is 0 Å². The molecule has 0 fully saturated rings. The molecule has 1 aromatic rings. The fourth-order valence-electron chi connectivity index (χ4n) is 3.19. The molecule has 0 heterocycles. The summed E-state index contributed by atoms with van der Waals surface area (Å²) >= 11 is 0. The van der Waals surface area contributed by atoms with Gasteiger partial charge in [-0.2, -0.15) is 0 Å². The second-order valence-corrected chi connectivity index (χ2v) is 12.9. The Hall–Kier alpha value is -2.94. The summed E-state index contributed by atoms with van der Waals surface area (Å²) in [7, 11) is 0. The van der Waals surface area contributed by atoms with Crippen molar-refractivity contribution < 1.29 is 38.5 Å². The smallest absolute Gasteiger partial charge is 0.324 e. The topological polar surface area (TPSA) is 142 Å². The molecule has 9 nitrogen and oxygen atoms in total. The number of benzene rings is 1.